The molecule has 0 amide bonds. The summed E-state index contributed by atoms with van der Waals surface area (Å²) < 4.78 is 35.9. The van der Waals surface area contributed by atoms with Gasteiger partial charge in [-0.2, -0.15) is 13.1 Å². The number of nitrogens with zero attached hydrogens (tertiary/aromatic N) is 1. The molecule has 110 valence electrons. The lowest BCUT2D eigenvalue weighted by molar-refractivity contribution is -0.384. The molecule has 0 aromatic heterocycles. The van der Waals surface area contributed by atoms with E-state index >= 15 is 0 Å². The zero-order valence-electron chi connectivity index (χ0n) is 10.7. The molecule has 0 atom stereocenters. The number of rotatable bonds is 7. The van der Waals surface area contributed by atoms with Gasteiger partial charge in [0, 0.05) is 19.2 Å². The van der Waals surface area contributed by atoms with Gasteiger partial charge in [-0.3, -0.25) is 10.1 Å². The van der Waals surface area contributed by atoms with E-state index in [1.165, 1.54) is 31.4 Å². The first-order valence-electron chi connectivity index (χ1n) is 5.83. The fourth-order valence-electron chi connectivity index (χ4n) is 1.74. The fourth-order valence-corrected chi connectivity index (χ4v) is 2.94. The predicted octanol–water partition coefficient (Wildman–Crippen LogP) is 0.987. The van der Waals surface area contributed by atoms with Crippen LogP contribution in [0.2, 0.25) is 0 Å². The van der Waals surface area contributed by atoms with Crippen LogP contribution in [0.4, 0.5) is 5.69 Å². The van der Waals surface area contributed by atoms with Gasteiger partial charge in [0.15, 0.2) is 0 Å². The number of nitro benzene ring substituents is 1. The summed E-state index contributed by atoms with van der Waals surface area (Å²) in [6.45, 7) is 0.274. The van der Waals surface area contributed by atoms with E-state index in [9.17, 15) is 18.5 Å². The van der Waals surface area contributed by atoms with Crippen molar-refractivity contribution in [3.8, 4) is 5.75 Å². The van der Waals surface area contributed by atoms with Crippen LogP contribution in [0, 0.1) is 10.1 Å². The maximum atomic E-state index is 11.8. The Morgan fingerprint density at radius 1 is 1.35 bits per heavy atom. The number of nitro groups is 1. The minimum absolute atomic E-state index is 0.0105. The maximum Gasteiger partial charge on any atom is 0.383 e. The highest BCUT2D eigenvalue weighted by Crippen LogP contribution is 2.36. The summed E-state index contributed by atoms with van der Waals surface area (Å²) in [7, 11) is -2.49. The Morgan fingerprint density at radius 2 is 1.95 bits per heavy atom. The van der Waals surface area contributed by atoms with Gasteiger partial charge >= 0.3 is 10.3 Å². The second-order valence-electron chi connectivity index (χ2n) is 4.60. The Hall–Kier alpha value is -1.71. The normalized spacial score (nSPS) is 16.6. The van der Waals surface area contributed by atoms with Crippen molar-refractivity contribution in [1.29, 1.82) is 0 Å². The maximum absolute atomic E-state index is 11.8. The summed E-state index contributed by atoms with van der Waals surface area (Å²) in [6, 6.07) is 4.81. The monoisotopic (exact) mass is 302 g/mol. The van der Waals surface area contributed by atoms with Crippen LogP contribution in [0.15, 0.2) is 24.3 Å². The number of hydrogen-bond acceptors (Lipinski definition) is 6. The number of ether oxygens (including phenoxy) is 1. The molecule has 20 heavy (non-hydrogen) atoms. The van der Waals surface area contributed by atoms with Gasteiger partial charge in [-0.15, -0.1) is 0 Å². The molecular weight excluding hydrogens is 288 g/mol. The summed E-state index contributed by atoms with van der Waals surface area (Å²) in [5.74, 6) is 0.0105. The Labute approximate surface area is 116 Å². The van der Waals surface area contributed by atoms with Crippen LogP contribution >= 0.6 is 0 Å². The molecule has 1 aromatic carbocycles. The molecule has 0 aliphatic heterocycles. The van der Waals surface area contributed by atoms with Crippen molar-refractivity contribution in [3.05, 3.63) is 34.4 Å². The third-order valence-electron chi connectivity index (χ3n) is 2.87. The molecule has 8 nitrogen and oxygen atoms in total. The molecule has 0 radical (unpaired) electrons. The van der Waals surface area contributed by atoms with Gasteiger partial charge in [0.25, 0.3) is 5.69 Å². The van der Waals surface area contributed by atoms with E-state index in [4.69, 9.17) is 8.92 Å². The zero-order chi connectivity index (χ0) is 14.8. The molecule has 0 unspecified atom stereocenters. The second-order valence-corrected chi connectivity index (χ2v) is 5.88. The number of non-ortho nitro benzene ring substituents is 1. The van der Waals surface area contributed by atoms with Gasteiger partial charge < -0.3 is 8.92 Å². The van der Waals surface area contributed by atoms with Crippen LogP contribution in [-0.2, 0) is 15.0 Å². The standard InChI is InChI=1S/C11H14N2O6S/c1-18-8-11(6-7-11)12-20(16,17)19-10-4-2-9(3-5-10)13(14)15/h2-5,12H,6-8H2,1H3. The topological polar surface area (TPSA) is 108 Å². The Kier molecular flexibility index (Phi) is 3.93. The van der Waals surface area contributed by atoms with Gasteiger partial charge in [0.05, 0.1) is 17.1 Å². The van der Waals surface area contributed by atoms with Crippen molar-refractivity contribution in [2.24, 2.45) is 0 Å². The Morgan fingerprint density at radius 3 is 2.40 bits per heavy atom. The molecule has 0 bridgehead atoms. The average Bonchev–Trinajstić information content (AvgIpc) is 3.08. The van der Waals surface area contributed by atoms with Crippen LogP contribution in [0.5, 0.6) is 5.75 Å². The van der Waals surface area contributed by atoms with Crippen LogP contribution in [0.1, 0.15) is 12.8 Å². The second kappa shape index (κ2) is 5.35. The highest BCUT2D eigenvalue weighted by Gasteiger charge is 2.46. The summed E-state index contributed by atoms with van der Waals surface area (Å²) in [6.07, 6.45) is 1.37. The molecule has 1 N–H and O–H groups in total. The lowest BCUT2D eigenvalue weighted by atomic mass is 10.3. The van der Waals surface area contributed by atoms with Gasteiger partial charge in [0.2, 0.25) is 0 Å². The molecule has 1 aromatic rings. The van der Waals surface area contributed by atoms with E-state index in [0.717, 1.165) is 0 Å². The molecule has 1 fully saturated rings. The Balaban J connectivity index is 2.03. The smallest absolute Gasteiger partial charge is 0.383 e. The van der Waals surface area contributed by atoms with Crippen LogP contribution in [-0.4, -0.2) is 32.6 Å². The number of methoxy groups -OCH3 is 1. The third kappa shape index (κ3) is 3.65. The third-order valence-corrected chi connectivity index (χ3v) is 3.96. The van der Waals surface area contributed by atoms with Gasteiger partial charge in [-0.25, -0.2) is 0 Å². The highest BCUT2D eigenvalue weighted by molar-refractivity contribution is 7.85. The van der Waals surface area contributed by atoms with Gasteiger partial charge in [-0.1, -0.05) is 0 Å². The van der Waals surface area contributed by atoms with Crippen molar-refractivity contribution >= 4 is 16.0 Å². The molecule has 0 saturated heterocycles. The summed E-state index contributed by atoms with van der Waals surface area (Å²) >= 11 is 0. The number of nitrogens with one attached hydrogen (secondary N) is 1. The molecule has 9 heteroatoms. The van der Waals surface area contributed by atoms with Crippen LogP contribution in [0.3, 0.4) is 0 Å². The van der Waals surface area contributed by atoms with Crippen molar-refractivity contribution in [1.82, 2.24) is 4.72 Å². The van der Waals surface area contributed by atoms with E-state index in [0.29, 0.717) is 12.8 Å². The minimum Gasteiger partial charge on any atom is -0.383 e. The summed E-state index contributed by atoms with van der Waals surface area (Å²) in [5, 5.41) is 10.5. The van der Waals surface area contributed by atoms with Crippen LogP contribution in [0.25, 0.3) is 0 Å². The molecular formula is C11H14N2O6S. The number of benzene rings is 1. The summed E-state index contributed by atoms with van der Waals surface area (Å²) in [4.78, 5) is 9.91. The lowest BCUT2D eigenvalue weighted by Gasteiger charge is -2.16. The summed E-state index contributed by atoms with van der Waals surface area (Å²) in [5.41, 5.74) is -0.727. The SMILES string of the molecule is COCC1(NS(=O)(=O)Oc2ccc([N+](=O)[O-])cc2)CC1. The fraction of sp³-hybridized carbons (Fsp3) is 0.455. The zero-order valence-corrected chi connectivity index (χ0v) is 11.6. The first-order valence-corrected chi connectivity index (χ1v) is 7.23. The van der Waals surface area contributed by atoms with Crippen LogP contribution < -0.4 is 8.91 Å². The molecule has 2 rings (SSSR count). The van der Waals surface area contributed by atoms with E-state index in [1.807, 2.05) is 0 Å². The van der Waals surface area contributed by atoms with Crippen molar-refractivity contribution in [3.63, 3.8) is 0 Å². The average molecular weight is 302 g/mol. The van der Waals surface area contributed by atoms with E-state index in [2.05, 4.69) is 4.72 Å². The molecule has 1 aliphatic carbocycles. The molecule has 0 spiro atoms. The molecule has 1 aliphatic rings. The Bertz CT molecular complexity index is 594. The molecule has 0 heterocycles. The number of hydrogen-bond donors (Lipinski definition) is 1. The predicted molar refractivity (Wildman–Crippen MR) is 69.6 cm³/mol. The first kappa shape index (κ1) is 14.7. The van der Waals surface area contributed by atoms with Crippen molar-refractivity contribution in [2.75, 3.05) is 13.7 Å². The first-order chi connectivity index (χ1) is 9.36. The van der Waals surface area contributed by atoms with Crippen molar-refractivity contribution in [2.45, 2.75) is 18.4 Å². The highest BCUT2D eigenvalue weighted by atomic mass is 32.2. The van der Waals surface area contributed by atoms with E-state index in [-0.39, 0.29) is 18.0 Å². The van der Waals surface area contributed by atoms with Gasteiger partial charge in [-0.05, 0) is 25.0 Å². The largest absolute Gasteiger partial charge is 0.383 e. The minimum atomic E-state index is -3.98. The quantitative estimate of drug-likeness (QED) is 0.594. The van der Waals surface area contributed by atoms with Crippen molar-refractivity contribution < 1.29 is 22.3 Å². The molecule has 1 saturated carbocycles. The lowest BCUT2D eigenvalue weighted by Crippen LogP contribution is -2.42. The van der Waals surface area contributed by atoms with E-state index in [1.54, 1.807) is 0 Å². The van der Waals surface area contributed by atoms with E-state index < -0.39 is 20.8 Å². The van der Waals surface area contributed by atoms with Gasteiger partial charge in [0.1, 0.15) is 5.75 Å².